The van der Waals surface area contributed by atoms with Crippen LogP contribution in [0.2, 0.25) is 5.02 Å². The molecule has 4 heteroatoms. The summed E-state index contributed by atoms with van der Waals surface area (Å²) in [5.41, 5.74) is 2.66. The van der Waals surface area contributed by atoms with Gasteiger partial charge in [-0.2, -0.15) is 0 Å². The van der Waals surface area contributed by atoms with E-state index < -0.39 is 0 Å². The maximum Gasteiger partial charge on any atom is 0.144 e. The van der Waals surface area contributed by atoms with E-state index in [2.05, 4.69) is 29.5 Å². The summed E-state index contributed by atoms with van der Waals surface area (Å²) < 4.78 is 2.14. The van der Waals surface area contributed by atoms with Crippen LogP contribution in [-0.4, -0.2) is 14.7 Å². The fourth-order valence-corrected chi connectivity index (χ4v) is 2.69. The van der Waals surface area contributed by atoms with E-state index in [-0.39, 0.29) is 5.75 Å². The molecule has 0 aliphatic carbocycles. The van der Waals surface area contributed by atoms with Crippen molar-refractivity contribution in [2.75, 3.05) is 0 Å². The molecule has 0 amide bonds. The molecule has 0 radical (unpaired) electrons. The van der Waals surface area contributed by atoms with Crippen molar-refractivity contribution in [2.24, 2.45) is 5.92 Å². The molecule has 0 unspecified atom stereocenters. The zero-order chi connectivity index (χ0) is 15.0. The second kappa shape index (κ2) is 5.41. The van der Waals surface area contributed by atoms with E-state index in [1.165, 1.54) is 0 Å². The highest BCUT2D eigenvalue weighted by Crippen LogP contribution is 2.33. The Kier molecular flexibility index (Phi) is 3.60. The van der Waals surface area contributed by atoms with Gasteiger partial charge in [-0.3, -0.25) is 0 Å². The third kappa shape index (κ3) is 2.61. The predicted octanol–water partition coefficient (Wildman–Crippen LogP) is 4.72. The van der Waals surface area contributed by atoms with Crippen LogP contribution >= 0.6 is 11.6 Å². The molecule has 0 bridgehead atoms. The number of phenolic OH excluding ortho intramolecular Hbond substituents is 1. The number of rotatable bonds is 3. The van der Waals surface area contributed by atoms with Gasteiger partial charge in [0.15, 0.2) is 0 Å². The van der Waals surface area contributed by atoms with Gasteiger partial charge in [-0.05, 0) is 36.2 Å². The van der Waals surface area contributed by atoms with Crippen LogP contribution in [0, 0.1) is 5.92 Å². The Morgan fingerprint density at radius 1 is 1.19 bits per heavy atom. The molecule has 0 fully saturated rings. The van der Waals surface area contributed by atoms with E-state index in [1.54, 1.807) is 18.2 Å². The van der Waals surface area contributed by atoms with Crippen molar-refractivity contribution in [1.82, 2.24) is 9.55 Å². The molecule has 108 valence electrons. The molecule has 3 nitrogen and oxygen atoms in total. The lowest BCUT2D eigenvalue weighted by atomic mass is 10.1. The predicted molar refractivity (Wildman–Crippen MR) is 86.7 cm³/mol. The van der Waals surface area contributed by atoms with Gasteiger partial charge in [-0.25, -0.2) is 4.98 Å². The van der Waals surface area contributed by atoms with Gasteiger partial charge in [-0.1, -0.05) is 37.6 Å². The van der Waals surface area contributed by atoms with Crippen LogP contribution < -0.4 is 0 Å². The van der Waals surface area contributed by atoms with E-state index in [9.17, 15) is 5.11 Å². The zero-order valence-electron chi connectivity index (χ0n) is 12.0. The van der Waals surface area contributed by atoms with Crippen LogP contribution in [0.1, 0.15) is 13.8 Å². The molecule has 0 saturated heterocycles. The van der Waals surface area contributed by atoms with Crippen LogP contribution in [-0.2, 0) is 6.54 Å². The first kappa shape index (κ1) is 14.0. The fourth-order valence-electron chi connectivity index (χ4n) is 2.52. The Bertz CT molecular complexity index is 793. The molecule has 1 aromatic heterocycles. The van der Waals surface area contributed by atoms with Crippen molar-refractivity contribution in [1.29, 1.82) is 0 Å². The molecular formula is C17H17ClN2O. The van der Waals surface area contributed by atoms with E-state index in [1.807, 2.05) is 18.2 Å². The zero-order valence-corrected chi connectivity index (χ0v) is 12.8. The topological polar surface area (TPSA) is 38.0 Å². The third-order valence-electron chi connectivity index (χ3n) is 3.40. The number of imidazole rings is 1. The Balaban J connectivity index is 2.28. The lowest BCUT2D eigenvalue weighted by Gasteiger charge is -2.12. The number of hydrogen-bond donors (Lipinski definition) is 1. The van der Waals surface area contributed by atoms with Gasteiger partial charge in [0.1, 0.15) is 11.6 Å². The van der Waals surface area contributed by atoms with Crippen LogP contribution in [0.5, 0.6) is 5.75 Å². The van der Waals surface area contributed by atoms with Gasteiger partial charge in [0.05, 0.1) is 16.6 Å². The van der Waals surface area contributed by atoms with Gasteiger partial charge >= 0.3 is 0 Å². The minimum absolute atomic E-state index is 0.194. The first-order chi connectivity index (χ1) is 10.1. The van der Waals surface area contributed by atoms with Gasteiger partial charge in [-0.15, -0.1) is 0 Å². The molecule has 1 heterocycles. The van der Waals surface area contributed by atoms with E-state index in [0.29, 0.717) is 16.5 Å². The van der Waals surface area contributed by atoms with Crippen molar-refractivity contribution >= 4 is 22.6 Å². The molecule has 3 rings (SSSR count). The largest absolute Gasteiger partial charge is 0.507 e. The smallest absolute Gasteiger partial charge is 0.144 e. The van der Waals surface area contributed by atoms with Crippen molar-refractivity contribution in [3.8, 4) is 17.1 Å². The summed E-state index contributed by atoms with van der Waals surface area (Å²) in [5.74, 6) is 1.42. The van der Waals surface area contributed by atoms with Crippen molar-refractivity contribution < 1.29 is 5.11 Å². The SMILES string of the molecule is CC(C)Cn1c(-c2cc(Cl)ccc2O)nc2ccccc21. The number of para-hydroxylation sites is 2. The summed E-state index contributed by atoms with van der Waals surface area (Å²) in [6.45, 7) is 5.16. The van der Waals surface area contributed by atoms with Gasteiger partial charge in [0.2, 0.25) is 0 Å². The second-order valence-corrected chi connectivity index (χ2v) is 6.03. The van der Waals surface area contributed by atoms with Crippen LogP contribution in [0.4, 0.5) is 0 Å². The lowest BCUT2D eigenvalue weighted by Crippen LogP contribution is -2.06. The molecule has 21 heavy (non-hydrogen) atoms. The van der Waals surface area contributed by atoms with Gasteiger partial charge < -0.3 is 9.67 Å². The van der Waals surface area contributed by atoms with Crippen molar-refractivity contribution in [3.05, 3.63) is 47.5 Å². The number of nitrogens with zero attached hydrogens (tertiary/aromatic N) is 2. The summed E-state index contributed by atoms with van der Waals surface area (Å²) in [6.07, 6.45) is 0. The van der Waals surface area contributed by atoms with E-state index in [0.717, 1.165) is 23.4 Å². The van der Waals surface area contributed by atoms with E-state index in [4.69, 9.17) is 11.6 Å². The molecule has 0 saturated carbocycles. The molecular weight excluding hydrogens is 284 g/mol. The Hall–Kier alpha value is -2.00. The average Bonchev–Trinajstić information content (AvgIpc) is 2.80. The van der Waals surface area contributed by atoms with E-state index >= 15 is 0 Å². The summed E-state index contributed by atoms with van der Waals surface area (Å²) in [4.78, 5) is 4.68. The molecule has 2 aromatic carbocycles. The molecule has 0 atom stereocenters. The minimum atomic E-state index is 0.194. The summed E-state index contributed by atoms with van der Waals surface area (Å²) in [5, 5.41) is 10.7. The highest BCUT2D eigenvalue weighted by atomic mass is 35.5. The number of hydrogen-bond acceptors (Lipinski definition) is 2. The Morgan fingerprint density at radius 2 is 1.95 bits per heavy atom. The summed E-state index contributed by atoms with van der Waals surface area (Å²) in [6, 6.07) is 13.0. The van der Waals surface area contributed by atoms with Crippen molar-refractivity contribution in [2.45, 2.75) is 20.4 Å². The van der Waals surface area contributed by atoms with Crippen molar-refractivity contribution in [3.63, 3.8) is 0 Å². The number of aromatic nitrogens is 2. The number of aromatic hydroxyl groups is 1. The number of fused-ring (bicyclic) bond motifs is 1. The van der Waals surface area contributed by atoms with Crippen LogP contribution in [0.3, 0.4) is 0 Å². The number of benzene rings is 2. The summed E-state index contributed by atoms with van der Waals surface area (Å²) in [7, 11) is 0. The average molecular weight is 301 g/mol. The molecule has 3 aromatic rings. The third-order valence-corrected chi connectivity index (χ3v) is 3.64. The Morgan fingerprint density at radius 3 is 2.71 bits per heavy atom. The maximum absolute atomic E-state index is 10.2. The summed E-state index contributed by atoms with van der Waals surface area (Å²) >= 11 is 6.08. The molecule has 0 aliphatic heterocycles. The molecule has 1 N–H and O–H groups in total. The highest BCUT2D eigenvalue weighted by Gasteiger charge is 2.16. The fraction of sp³-hybridized carbons (Fsp3) is 0.235. The second-order valence-electron chi connectivity index (χ2n) is 5.59. The molecule has 0 aliphatic rings. The number of phenols is 1. The normalized spacial score (nSPS) is 11.4. The number of halogens is 1. The highest BCUT2D eigenvalue weighted by molar-refractivity contribution is 6.30. The monoisotopic (exact) mass is 300 g/mol. The van der Waals surface area contributed by atoms with Crippen LogP contribution in [0.15, 0.2) is 42.5 Å². The Labute approximate surface area is 128 Å². The standard InChI is InChI=1S/C17H17ClN2O/c1-11(2)10-20-15-6-4-3-5-14(15)19-17(20)13-9-12(18)7-8-16(13)21/h3-9,11,21H,10H2,1-2H3. The molecule has 0 spiro atoms. The first-order valence-electron chi connectivity index (χ1n) is 7.00. The first-order valence-corrected chi connectivity index (χ1v) is 7.38. The lowest BCUT2D eigenvalue weighted by molar-refractivity contribution is 0.475. The minimum Gasteiger partial charge on any atom is -0.507 e. The quantitative estimate of drug-likeness (QED) is 0.760. The van der Waals surface area contributed by atoms with Gasteiger partial charge in [0.25, 0.3) is 0 Å². The van der Waals surface area contributed by atoms with Gasteiger partial charge in [0, 0.05) is 11.6 Å². The van der Waals surface area contributed by atoms with Crippen LogP contribution in [0.25, 0.3) is 22.4 Å². The maximum atomic E-state index is 10.2.